The van der Waals surface area contributed by atoms with Gasteiger partial charge in [0.25, 0.3) is 0 Å². The third kappa shape index (κ3) is 6.40. The Kier molecular flexibility index (Phi) is 6.66. The predicted octanol–water partition coefficient (Wildman–Crippen LogP) is 6.37. The number of hydrogen-bond donors (Lipinski definition) is 2. The topological polar surface area (TPSA) is 75.6 Å². The van der Waals surface area contributed by atoms with Crippen LogP contribution in [-0.2, 0) is 4.74 Å². The van der Waals surface area contributed by atoms with E-state index in [1.165, 1.54) is 11.3 Å². The monoisotopic (exact) mass is 472 g/mol. The number of nitrogens with zero attached hydrogens (tertiary/aromatic N) is 2. The molecule has 150 valence electrons. The second kappa shape index (κ2) is 9.19. The minimum atomic E-state index is -0.573. The largest absolute Gasteiger partial charge is 0.444 e. The van der Waals surface area contributed by atoms with E-state index in [2.05, 4.69) is 36.8 Å². The normalized spacial score (nSPS) is 11.4. The molecule has 2 aromatic carbocycles. The number of hydrogen-bond acceptors (Lipinski definition) is 6. The Morgan fingerprint density at radius 2 is 1.97 bits per heavy atom. The Hall–Kier alpha value is -2.71. The second-order valence-electron chi connectivity index (χ2n) is 7.13. The summed E-state index contributed by atoms with van der Waals surface area (Å²) in [6.45, 7) is 5.45. The van der Waals surface area contributed by atoms with Gasteiger partial charge in [-0.1, -0.05) is 46.3 Å². The number of anilines is 2. The lowest BCUT2D eigenvalue weighted by atomic mass is 10.2. The van der Waals surface area contributed by atoms with Crippen LogP contribution in [0.2, 0.25) is 0 Å². The van der Waals surface area contributed by atoms with E-state index in [-0.39, 0.29) is 0 Å². The van der Waals surface area contributed by atoms with Gasteiger partial charge in [0.2, 0.25) is 5.13 Å². The summed E-state index contributed by atoms with van der Waals surface area (Å²) in [7, 11) is 0. The predicted molar refractivity (Wildman–Crippen MR) is 123 cm³/mol. The van der Waals surface area contributed by atoms with Crippen molar-refractivity contribution in [2.45, 2.75) is 26.4 Å². The Balaban J connectivity index is 1.70. The van der Waals surface area contributed by atoms with Gasteiger partial charge in [-0.15, -0.1) is 11.3 Å². The van der Waals surface area contributed by atoms with E-state index < -0.39 is 11.7 Å². The molecule has 2 N–H and O–H groups in total. The first-order valence-electron chi connectivity index (χ1n) is 8.90. The Morgan fingerprint density at radius 3 is 2.69 bits per heavy atom. The zero-order valence-electron chi connectivity index (χ0n) is 16.3. The zero-order valence-corrected chi connectivity index (χ0v) is 18.7. The molecular weight excluding hydrogens is 452 g/mol. The van der Waals surface area contributed by atoms with Crippen LogP contribution in [0, 0.1) is 0 Å². The molecule has 1 amide bonds. The molecule has 0 atom stereocenters. The van der Waals surface area contributed by atoms with E-state index in [1.54, 1.807) is 12.3 Å². The maximum atomic E-state index is 12.1. The van der Waals surface area contributed by atoms with Crippen LogP contribution in [0.5, 0.6) is 0 Å². The lowest BCUT2D eigenvalue weighted by Gasteiger charge is -2.20. The quantitative estimate of drug-likeness (QED) is 0.334. The summed E-state index contributed by atoms with van der Waals surface area (Å²) in [5.74, 6) is 0. The molecule has 0 aliphatic rings. The average molecular weight is 473 g/mol. The van der Waals surface area contributed by atoms with Crippen molar-refractivity contribution in [1.82, 2.24) is 4.98 Å². The minimum absolute atomic E-state index is 0.519. The van der Waals surface area contributed by atoms with Gasteiger partial charge in [0.1, 0.15) is 5.60 Å². The van der Waals surface area contributed by atoms with E-state index in [9.17, 15) is 4.79 Å². The van der Waals surface area contributed by atoms with Gasteiger partial charge in [-0.25, -0.2) is 9.78 Å². The number of hydrazone groups is 1. The molecule has 0 radical (unpaired) electrons. The smallest absolute Gasteiger partial charge is 0.412 e. The van der Waals surface area contributed by atoms with Crippen molar-refractivity contribution >= 4 is 50.4 Å². The first kappa shape index (κ1) is 21.0. The van der Waals surface area contributed by atoms with E-state index in [0.717, 1.165) is 21.3 Å². The van der Waals surface area contributed by atoms with Crippen molar-refractivity contribution in [3.8, 4) is 11.3 Å². The standard InChI is InChI=1S/C21H21BrN4O2S/c1-21(2,3)28-20(27)25-17-10-9-16(22)11-15(17)12-23-26-19-24-18(13-29-19)14-7-5-4-6-8-14/h4-13H,1-3H3,(H,24,26)(H,25,27). The molecule has 0 spiro atoms. The summed E-state index contributed by atoms with van der Waals surface area (Å²) in [6.07, 6.45) is 1.11. The first-order chi connectivity index (χ1) is 13.8. The van der Waals surface area contributed by atoms with Crippen LogP contribution in [0.3, 0.4) is 0 Å². The fourth-order valence-corrected chi connectivity index (χ4v) is 3.44. The van der Waals surface area contributed by atoms with Gasteiger partial charge in [0.15, 0.2) is 0 Å². The molecule has 3 rings (SSSR count). The Bertz CT molecular complexity index is 1010. The highest BCUT2D eigenvalue weighted by Crippen LogP contribution is 2.25. The summed E-state index contributed by atoms with van der Waals surface area (Å²) >= 11 is 4.91. The van der Waals surface area contributed by atoms with E-state index in [1.807, 2.05) is 68.6 Å². The third-order valence-electron chi connectivity index (χ3n) is 3.59. The highest BCUT2D eigenvalue weighted by Gasteiger charge is 2.17. The fourth-order valence-electron chi connectivity index (χ4n) is 2.39. The van der Waals surface area contributed by atoms with Crippen molar-refractivity contribution in [2.24, 2.45) is 5.10 Å². The summed E-state index contributed by atoms with van der Waals surface area (Å²) < 4.78 is 6.18. The lowest BCUT2D eigenvalue weighted by molar-refractivity contribution is 0.0636. The molecule has 0 bridgehead atoms. The average Bonchev–Trinajstić information content (AvgIpc) is 3.12. The Labute approximate surface area is 182 Å². The molecule has 0 unspecified atom stereocenters. The van der Waals surface area contributed by atoms with E-state index >= 15 is 0 Å². The van der Waals surface area contributed by atoms with Gasteiger partial charge < -0.3 is 4.74 Å². The third-order valence-corrected chi connectivity index (χ3v) is 4.83. The number of carbonyl (C=O) groups excluding carboxylic acids is 1. The summed E-state index contributed by atoms with van der Waals surface area (Å²) in [5.41, 5.74) is 5.62. The maximum absolute atomic E-state index is 12.1. The Morgan fingerprint density at radius 1 is 1.21 bits per heavy atom. The van der Waals surface area contributed by atoms with Crippen LogP contribution in [0.15, 0.2) is 63.5 Å². The van der Waals surface area contributed by atoms with Gasteiger partial charge in [-0.2, -0.15) is 5.10 Å². The molecule has 0 saturated heterocycles. The first-order valence-corrected chi connectivity index (χ1v) is 10.6. The zero-order chi connectivity index (χ0) is 20.9. The molecule has 0 fully saturated rings. The summed E-state index contributed by atoms with van der Waals surface area (Å²) in [5, 5.41) is 9.67. The van der Waals surface area contributed by atoms with Crippen LogP contribution < -0.4 is 10.7 Å². The number of aromatic nitrogens is 1. The molecular formula is C21H21BrN4O2S. The molecule has 8 heteroatoms. The second-order valence-corrected chi connectivity index (χ2v) is 8.91. The highest BCUT2D eigenvalue weighted by atomic mass is 79.9. The molecule has 0 aliphatic heterocycles. The molecule has 3 aromatic rings. The van der Waals surface area contributed by atoms with Gasteiger partial charge in [0.05, 0.1) is 17.6 Å². The number of nitrogens with one attached hydrogen (secondary N) is 2. The number of carbonyl (C=O) groups is 1. The highest BCUT2D eigenvalue weighted by molar-refractivity contribution is 9.10. The fraction of sp³-hybridized carbons (Fsp3) is 0.190. The van der Waals surface area contributed by atoms with Crippen molar-refractivity contribution in [3.63, 3.8) is 0 Å². The molecule has 0 aliphatic carbocycles. The van der Waals surface area contributed by atoms with Crippen molar-refractivity contribution < 1.29 is 9.53 Å². The minimum Gasteiger partial charge on any atom is -0.444 e. The number of rotatable bonds is 5. The van der Waals surface area contributed by atoms with Gasteiger partial charge in [0, 0.05) is 21.0 Å². The van der Waals surface area contributed by atoms with Crippen LogP contribution in [0.25, 0.3) is 11.3 Å². The number of benzene rings is 2. The summed E-state index contributed by atoms with van der Waals surface area (Å²) in [6, 6.07) is 15.4. The van der Waals surface area contributed by atoms with Crippen LogP contribution in [-0.4, -0.2) is 22.9 Å². The SMILES string of the molecule is CC(C)(C)OC(=O)Nc1ccc(Br)cc1C=NNc1nc(-c2ccccc2)cs1. The van der Waals surface area contributed by atoms with Crippen molar-refractivity contribution in [1.29, 1.82) is 0 Å². The number of thiazole rings is 1. The molecule has 0 saturated carbocycles. The van der Waals surface area contributed by atoms with Crippen molar-refractivity contribution in [2.75, 3.05) is 10.7 Å². The number of halogens is 1. The molecule has 29 heavy (non-hydrogen) atoms. The molecule has 1 aromatic heterocycles. The lowest BCUT2D eigenvalue weighted by Crippen LogP contribution is -2.27. The van der Waals surface area contributed by atoms with E-state index in [0.29, 0.717) is 10.8 Å². The van der Waals surface area contributed by atoms with Crippen molar-refractivity contribution in [3.05, 3.63) is 63.9 Å². The van der Waals surface area contributed by atoms with Crippen LogP contribution >= 0.6 is 27.3 Å². The molecule has 1 heterocycles. The maximum Gasteiger partial charge on any atom is 0.412 e. The van der Waals surface area contributed by atoms with Gasteiger partial charge in [-0.05, 0) is 39.0 Å². The number of ether oxygens (including phenoxy) is 1. The van der Waals surface area contributed by atoms with Crippen LogP contribution in [0.4, 0.5) is 15.6 Å². The van der Waals surface area contributed by atoms with Gasteiger partial charge >= 0.3 is 6.09 Å². The van der Waals surface area contributed by atoms with Crippen LogP contribution in [0.1, 0.15) is 26.3 Å². The van der Waals surface area contributed by atoms with Gasteiger partial charge in [-0.3, -0.25) is 10.7 Å². The summed E-state index contributed by atoms with van der Waals surface area (Å²) in [4.78, 5) is 16.6. The number of amides is 1. The van der Waals surface area contributed by atoms with E-state index in [4.69, 9.17) is 4.74 Å². The molecule has 6 nitrogen and oxygen atoms in total.